The minimum Gasteiger partial charge on any atom is -0.481 e. The minimum absolute atomic E-state index is 0.155. The van der Waals surface area contributed by atoms with E-state index < -0.39 is 33.4 Å². The molecule has 0 radical (unpaired) electrons. The second-order valence-electron chi connectivity index (χ2n) is 4.49. The van der Waals surface area contributed by atoms with Gasteiger partial charge in [-0.1, -0.05) is 0 Å². The summed E-state index contributed by atoms with van der Waals surface area (Å²) in [6, 6.07) is 0. The van der Waals surface area contributed by atoms with Crippen LogP contribution in [0.5, 0.6) is 0 Å². The highest BCUT2D eigenvalue weighted by atomic mass is 32.2. The molecule has 2 fully saturated rings. The van der Waals surface area contributed by atoms with Gasteiger partial charge in [0.15, 0.2) is 0 Å². The van der Waals surface area contributed by atoms with Crippen LogP contribution in [0, 0.1) is 11.3 Å². The number of nitrogens with two attached hydrogens (primary N) is 1. The first-order valence-corrected chi connectivity index (χ1v) is 6.52. The second-order valence-corrected chi connectivity index (χ2v) is 6.04. The summed E-state index contributed by atoms with van der Waals surface area (Å²) in [7, 11) is -3.88. The molecule has 1 saturated carbocycles. The summed E-state index contributed by atoms with van der Waals surface area (Å²) in [6.07, 6.45) is -0.346. The molecule has 1 aliphatic carbocycles. The third kappa shape index (κ3) is 1.64. The summed E-state index contributed by atoms with van der Waals surface area (Å²) in [6.45, 7) is -0.309. The van der Waals surface area contributed by atoms with Gasteiger partial charge in [0.25, 0.3) is 16.1 Å². The van der Waals surface area contributed by atoms with Crippen molar-refractivity contribution in [1.29, 1.82) is 0 Å². The largest absolute Gasteiger partial charge is 0.481 e. The van der Waals surface area contributed by atoms with Gasteiger partial charge in [0.2, 0.25) is 0 Å². The van der Waals surface area contributed by atoms with Gasteiger partial charge in [-0.2, -0.15) is 12.7 Å². The number of nitrogens with zero attached hydrogens (tertiary/aromatic N) is 1. The molecule has 6 nitrogen and oxygen atoms in total. The zero-order valence-corrected chi connectivity index (χ0v) is 9.58. The maximum absolute atomic E-state index is 13.4. The lowest BCUT2D eigenvalue weighted by molar-refractivity contribution is -0.141. The molecule has 0 bridgehead atoms. The topological polar surface area (TPSA) is 101 Å². The van der Waals surface area contributed by atoms with Gasteiger partial charge >= 0.3 is 5.97 Å². The highest BCUT2D eigenvalue weighted by Crippen LogP contribution is 2.70. The third-order valence-electron chi connectivity index (χ3n) is 3.72. The van der Waals surface area contributed by atoms with E-state index in [4.69, 9.17) is 10.2 Å². The molecule has 3 N–H and O–H groups in total. The molecule has 0 amide bonds. The van der Waals surface area contributed by atoms with Gasteiger partial charge in [0.1, 0.15) is 5.92 Å². The average molecular weight is 270 g/mol. The Labute approximate surface area is 96.6 Å². The lowest BCUT2D eigenvalue weighted by Crippen LogP contribution is -2.44. The summed E-state index contributed by atoms with van der Waals surface area (Å²) >= 11 is 0. The fourth-order valence-electron chi connectivity index (χ4n) is 2.66. The Morgan fingerprint density at radius 2 is 1.82 bits per heavy atom. The molecular formula is C8H12F2N2O4S. The second kappa shape index (κ2) is 3.36. The molecule has 9 heteroatoms. The number of carbonyl (C=O) groups is 1. The van der Waals surface area contributed by atoms with Gasteiger partial charge in [-0.25, -0.2) is 13.9 Å². The molecule has 98 valence electrons. The standard InChI is InChI=1S/C8H12F2N2O4S/c9-8(10)5(6(13)14)7(8)1-3-12(4-2-7)17(11,15)16/h5H,1-4H2,(H,13,14)(H2,11,15,16). The van der Waals surface area contributed by atoms with Crippen molar-refractivity contribution < 1.29 is 27.1 Å². The van der Waals surface area contributed by atoms with Crippen molar-refractivity contribution in [2.75, 3.05) is 13.1 Å². The van der Waals surface area contributed by atoms with Gasteiger partial charge in [-0.3, -0.25) is 4.79 Å². The molecule has 1 aliphatic heterocycles. The van der Waals surface area contributed by atoms with E-state index in [2.05, 4.69) is 0 Å². The first-order valence-electron chi connectivity index (χ1n) is 5.01. The average Bonchev–Trinajstić information content (AvgIpc) is 2.61. The Morgan fingerprint density at radius 1 is 1.35 bits per heavy atom. The first-order chi connectivity index (χ1) is 7.63. The Morgan fingerprint density at radius 3 is 2.12 bits per heavy atom. The highest BCUT2D eigenvalue weighted by molar-refractivity contribution is 7.86. The maximum atomic E-state index is 13.4. The molecule has 2 rings (SSSR count). The molecule has 1 unspecified atom stereocenters. The highest BCUT2D eigenvalue weighted by Gasteiger charge is 2.83. The molecular weight excluding hydrogens is 258 g/mol. The number of alkyl halides is 2. The number of carboxylic acid groups (broad SMARTS) is 1. The summed E-state index contributed by atoms with van der Waals surface area (Å²) < 4.78 is 49.7. The smallest absolute Gasteiger partial charge is 0.313 e. The van der Waals surface area contributed by atoms with Crippen LogP contribution >= 0.6 is 0 Å². The first kappa shape index (κ1) is 12.7. The summed E-state index contributed by atoms with van der Waals surface area (Å²) in [5.41, 5.74) is -1.58. The molecule has 0 aromatic carbocycles. The predicted octanol–water partition coefficient (Wildman–Crippen LogP) is -0.378. The number of aliphatic carboxylic acids is 1. The normalized spacial score (nSPS) is 31.4. The van der Waals surface area contributed by atoms with E-state index in [1.807, 2.05) is 0 Å². The Kier molecular flexibility index (Phi) is 2.50. The van der Waals surface area contributed by atoms with Crippen LogP contribution in [0.25, 0.3) is 0 Å². The van der Waals surface area contributed by atoms with Crippen LogP contribution in [0.2, 0.25) is 0 Å². The summed E-state index contributed by atoms with van der Waals surface area (Å²) in [4.78, 5) is 10.7. The molecule has 0 aromatic heterocycles. The SMILES string of the molecule is NS(=O)(=O)N1CCC2(CC1)C(C(=O)O)C2(F)F. The molecule has 17 heavy (non-hydrogen) atoms. The zero-order chi connectivity index (χ0) is 13.1. The van der Waals surface area contributed by atoms with Crippen LogP contribution in [-0.4, -0.2) is 42.8 Å². The monoisotopic (exact) mass is 270 g/mol. The third-order valence-corrected chi connectivity index (χ3v) is 4.80. The van der Waals surface area contributed by atoms with Crippen LogP contribution < -0.4 is 5.14 Å². The Hall–Kier alpha value is -0.800. The summed E-state index contributed by atoms with van der Waals surface area (Å²) in [5.74, 6) is -6.47. The lowest BCUT2D eigenvalue weighted by atomic mass is 9.91. The fraction of sp³-hybridized carbons (Fsp3) is 0.875. The Balaban J connectivity index is 2.13. The van der Waals surface area contributed by atoms with Gasteiger partial charge in [-0.15, -0.1) is 0 Å². The molecule has 1 heterocycles. The number of piperidine rings is 1. The summed E-state index contributed by atoms with van der Waals surface area (Å²) in [5, 5.41) is 13.6. The molecule has 1 saturated heterocycles. The minimum atomic E-state index is -3.88. The van der Waals surface area contributed by atoms with Crippen molar-refractivity contribution in [3.8, 4) is 0 Å². The van der Waals surface area contributed by atoms with E-state index in [1.54, 1.807) is 0 Å². The van der Waals surface area contributed by atoms with Gasteiger partial charge in [0, 0.05) is 13.1 Å². The van der Waals surface area contributed by atoms with Crippen LogP contribution in [0.4, 0.5) is 8.78 Å². The van der Waals surface area contributed by atoms with E-state index in [0.717, 1.165) is 4.31 Å². The van der Waals surface area contributed by atoms with Crippen molar-refractivity contribution in [3.63, 3.8) is 0 Å². The van der Waals surface area contributed by atoms with Gasteiger partial charge in [0.05, 0.1) is 5.41 Å². The quantitative estimate of drug-likeness (QED) is 0.714. The Bertz CT molecular complexity index is 456. The van der Waals surface area contributed by atoms with E-state index in [1.165, 1.54) is 0 Å². The van der Waals surface area contributed by atoms with Crippen LogP contribution in [0.3, 0.4) is 0 Å². The van der Waals surface area contributed by atoms with Crippen molar-refractivity contribution in [2.45, 2.75) is 18.8 Å². The molecule has 1 spiro atoms. The van der Waals surface area contributed by atoms with Crippen LogP contribution in [-0.2, 0) is 15.0 Å². The number of hydrogen-bond acceptors (Lipinski definition) is 3. The number of carboxylic acids is 1. The maximum Gasteiger partial charge on any atom is 0.313 e. The van der Waals surface area contributed by atoms with Crippen molar-refractivity contribution in [2.24, 2.45) is 16.5 Å². The van der Waals surface area contributed by atoms with Gasteiger partial charge in [-0.05, 0) is 12.8 Å². The van der Waals surface area contributed by atoms with Crippen LogP contribution in [0.1, 0.15) is 12.8 Å². The zero-order valence-electron chi connectivity index (χ0n) is 8.77. The van der Waals surface area contributed by atoms with E-state index in [9.17, 15) is 22.0 Å². The van der Waals surface area contributed by atoms with Crippen molar-refractivity contribution in [1.82, 2.24) is 4.31 Å². The number of hydrogen-bond donors (Lipinski definition) is 2. The van der Waals surface area contributed by atoms with Crippen molar-refractivity contribution >= 4 is 16.2 Å². The number of rotatable bonds is 2. The van der Waals surface area contributed by atoms with E-state index in [0.29, 0.717) is 0 Å². The van der Waals surface area contributed by atoms with E-state index >= 15 is 0 Å². The van der Waals surface area contributed by atoms with E-state index in [-0.39, 0.29) is 25.9 Å². The lowest BCUT2D eigenvalue weighted by Gasteiger charge is -2.29. The molecule has 1 atom stereocenters. The van der Waals surface area contributed by atoms with Crippen molar-refractivity contribution in [3.05, 3.63) is 0 Å². The number of halogens is 2. The fourth-order valence-corrected chi connectivity index (χ4v) is 3.35. The molecule has 2 aliphatic rings. The molecule has 0 aromatic rings. The van der Waals surface area contributed by atoms with Gasteiger partial charge < -0.3 is 5.11 Å². The van der Waals surface area contributed by atoms with Crippen LogP contribution in [0.15, 0.2) is 0 Å². The predicted molar refractivity (Wildman–Crippen MR) is 52.4 cm³/mol.